The molecule has 2 fully saturated rings. The van der Waals surface area contributed by atoms with E-state index in [0.29, 0.717) is 19.3 Å². The van der Waals surface area contributed by atoms with Gasteiger partial charge in [-0.05, 0) is 18.3 Å². The second kappa shape index (κ2) is 13.9. The zero-order valence-corrected chi connectivity index (χ0v) is 13.4. The van der Waals surface area contributed by atoms with Crippen LogP contribution < -0.4 is 61.7 Å². The average molecular weight is 290 g/mol. The Morgan fingerprint density at radius 3 is 1.95 bits per heavy atom. The molecule has 0 radical (unpaired) electrons. The zero-order valence-electron chi connectivity index (χ0n) is 13.4. The van der Waals surface area contributed by atoms with Gasteiger partial charge < -0.3 is 30.4 Å². The van der Waals surface area contributed by atoms with Crippen LogP contribution in [-0.2, 0) is 14.4 Å². The minimum absolute atomic E-state index is 0. The molecule has 2 N–H and O–H groups in total. The monoisotopic (exact) mass is 290 g/mol. The van der Waals surface area contributed by atoms with E-state index in [9.17, 15) is 19.5 Å². The van der Waals surface area contributed by atoms with Crippen molar-refractivity contribution in [2.75, 3.05) is 0 Å². The molecule has 5 atom stereocenters. The molecule has 0 aromatic heterocycles. The smallest absolute Gasteiger partial charge is 0.870 e. The van der Waals surface area contributed by atoms with Gasteiger partial charge in [-0.3, -0.25) is 12.6 Å². The quantitative estimate of drug-likeness (QED) is 0.374. The maximum absolute atomic E-state index is 10.9. The van der Waals surface area contributed by atoms with Crippen molar-refractivity contribution in [3.8, 4) is 0 Å². The van der Waals surface area contributed by atoms with Gasteiger partial charge in [-0.2, -0.15) is 0 Å². The van der Waals surface area contributed by atoms with Crippen LogP contribution in [0.4, 0.5) is 0 Å². The van der Waals surface area contributed by atoms with Crippen LogP contribution in [0, 0.1) is 29.6 Å². The molecule has 0 bridgehead atoms. The van der Waals surface area contributed by atoms with Gasteiger partial charge in [0.15, 0.2) is 0 Å². The van der Waals surface area contributed by atoms with Crippen molar-refractivity contribution in [1.29, 1.82) is 0 Å². The van der Waals surface area contributed by atoms with Crippen LogP contribution >= 0.6 is 0 Å². The molecule has 0 aromatic rings. The van der Waals surface area contributed by atoms with Gasteiger partial charge in [0, 0.05) is 5.97 Å². The zero-order chi connectivity index (χ0) is 12.4. The Morgan fingerprint density at radius 2 is 1.50 bits per heavy atom. The van der Waals surface area contributed by atoms with Crippen molar-refractivity contribution in [1.82, 2.24) is 0 Å². The molecule has 0 spiro atoms. The largest absolute Gasteiger partial charge is 1.00 e. The van der Waals surface area contributed by atoms with Gasteiger partial charge in [-0.15, -0.1) is 11.8 Å². The molecule has 0 heterocycles. The van der Waals surface area contributed by atoms with E-state index < -0.39 is 11.9 Å². The number of carbonyl (C=O) groups is 1. The van der Waals surface area contributed by atoms with Crippen LogP contribution in [-0.4, -0.2) is 29.5 Å². The molecule has 2 saturated carbocycles. The van der Waals surface area contributed by atoms with Crippen LogP contribution in [0.2, 0.25) is 0 Å². The molecular weight excluding hydrogens is 273 g/mol. The molecule has 5 unspecified atom stereocenters. The maximum Gasteiger partial charge on any atom is 1.00 e. The third-order valence-electron chi connectivity index (χ3n) is 4.34. The molecule has 22 heavy (non-hydrogen) atoms. The predicted molar refractivity (Wildman–Crippen MR) is 60.8 cm³/mol. The van der Waals surface area contributed by atoms with Crippen molar-refractivity contribution in [3.63, 3.8) is 0 Å². The fourth-order valence-corrected chi connectivity index (χ4v) is 3.47. The van der Waals surface area contributed by atoms with E-state index in [1.807, 2.05) is 12.6 Å². The maximum atomic E-state index is 10.9. The normalized spacial score (nSPS) is 31.9. The van der Waals surface area contributed by atoms with E-state index in [1.54, 1.807) is 0 Å². The number of rotatable bonds is 3. The van der Waals surface area contributed by atoms with Crippen molar-refractivity contribution in [3.05, 3.63) is 0 Å². The summed E-state index contributed by atoms with van der Waals surface area (Å²) in [5.41, 5.74) is 0. The van der Waals surface area contributed by atoms with E-state index in [-0.39, 0.29) is 91.2 Å². The summed E-state index contributed by atoms with van der Waals surface area (Å²) in [6.45, 7) is 0. The third kappa shape index (κ3) is 6.96. The van der Waals surface area contributed by atoms with Gasteiger partial charge in [-0.25, -0.2) is 0 Å². The number of aliphatic carboxylic acids is 1. The summed E-state index contributed by atoms with van der Waals surface area (Å²) in [6.07, 6.45) is 7.10. The Hall–Kier alpha value is 0.522. The van der Waals surface area contributed by atoms with Gasteiger partial charge >= 0.3 is 56.6 Å². The number of carbonyl (C=O) groups excluding carboxylic acids is 3. The summed E-state index contributed by atoms with van der Waals surface area (Å²) in [5, 5.41) is 10.9. The number of carboxylic acids is 1. The standard InChI is InChI=1S/C13H16O4.3Li.2H2O/c14-6-8-1-2-12-9(3-8)4-10(13(16)17)5-11(12)7-15;;;;;/h8-12H,1-5H2,(H,16,17);;;;2*1H2/q-2;3*+1;;/p-3. The first kappa shape index (κ1) is 30.4. The first-order valence-corrected chi connectivity index (χ1v) is 6.12. The molecule has 0 aliphatic heterocycles. The van der Waals surface area contributed by atoms with Crippen LogP contribution in [0.3, 0.4) is 0 Å². The fraction of sp³-hybridized carbons (Fsp3) is 0.769. The Labute approximate surface area is 166 Å². The number of hydrogen-bond donors (Lipinski definition) is 0. The molecule has 2 aliphatic carbocycles. The molecule has 6 nitrogen and oxygen atoms in total. The molecule has 2 aliphatic rings. The molecule has 110 valence electrons. The van der Waals surface area contributed by atoms with Gasteiger partial charge in [0.1, 0.15) is 0 Å². The topological polar surface area (TPSA) is 134 Å². The van der Waals surface area contributed by atoms with Gasteiger partial charge in [0.05, 0.1) is 0 Å². The van der Waals surface area contributed by atoms with Crippen LogP contribution in [0.15, 0.2) is 0 Å². The summed E-state index contributed by atoms with van der Waals surface area (Å²) in [4.78, 5) is 32.5. The summed E-state index contributed by atoms with van der Waals surface area (Å²) in [5.74, 6) is -1.70. The Balaban J connectivity index is -0.000000324. The summed E-state index contributed by atoms with van der Waals surface area (Å²) < 4.78 is 0. The predicted octanol–water partition coefficient (Wildman–Crippen LogP) is -9.33. The van der Waals surface area contributed by atoms with Gasteiger partial charge in [0.2, 0.25) is 0 Å². The summed E-state index contributed by atoms with van der Waals surface area (Å²) in [6, 6.07) is 0. The minimum Gasteiger partial charge on any atom is -0.870 e. The number of carboxylic acid groups (broad SMARTS) is 1. The van der Waals surface area contributed by atoms with Crippen molar-refractivity contribution < 1.29 is 87.0 Å². The number of fused-ring (bicyclic) bond motifs is 1. The van der Waals surface area contributed by atoms with Crippen LogP contribution in [0.5, 0.6) is 0 Å². The van der Waals surface area contributed by atoms with Gasteiger partial charge in [-0.1, -0.05) is 31.6 Å². The van der Waals surface area contributed by atoms with E-state index in [2.05, 4.69) is 0 Å². The van der Waals surface area contributed by atoms with Gasteiger partial charge in [0.25, 0.3) is 0 Å². The van der Waals surface area contributed by atoms with E-state index >= 15 is 0 Å². The second-order valence-corrected chi connectivity index (χ2v) is 5.26. The molecule has 2 rings (SSSR count). The minimum atomic E-state index is -1.08. The molecule has 0 saturated heterocycles. The first-order valence-electron chi connectivity index (χ1n) is 6.12. The fourth-order valence-electron chi connectivity index (χ4n) is 3.47. The molecule has 0 aromatic carbocycles. The Morgan fingerprint density at radius 1 is 0.909 bits per heavy atom. The molecule has 0 amide bonds. The van der Waals surface area contributed by atoms with Crippen LogP contribution in [0.1, 0.15) is 32.1 Å². The van der Waals surface area contributed by atoms with E-state index in [0.717, 1.165) is 12.8 Å². The van der Waals surface area contributed by atoms with E-state index in [4.69, 9.17) is 0 Å². The molecular formula is C13H17Li3O6-2. The summed E-state index contributed by atoms with van der Waals surface area (Å²) in [7, 11) is 0. The Kier molecular flexibility index (Phi) is 19.2. The van der Waals surface area contributed by atoms with Crippen molar-refractivity contribution in [2.24, 2.45) is 29.6 Å². The molecule has 9 heteroatoms. The van der Waals surface area contributed by atoms with Crippen molar-refractivity contribution in [2.45, 2.75) is 32.1 Å². The Bertz CT molecular complexity index is 342. The third-order valence-corrected chi connectivity index (χ3v) is 4.34. The second-order valence-electron chi connectivity index (χ2n) is 5.26. The SMILES string of the molecule is O=[C-]C1CCC2C([C-]=O)CC(C(=O)[O-])CC2C1.[Li+].[Li+].[Li+].[OH-].[OH-]. The summed E-state index contributed by atoms with van der Waals surface area (Å²) >= 11 is 0. The number of hydrogen-bond acceptors (Lipinski definition) is 6. The van der Waals surface area contributed by atoms with E-state index in [1.165, 1.54) is 0 Å². The average Bonchev–Trinajstić information content (AvgIpc) is 2.36. The van der Waals surface area contributed by atoms with Crippen LogP contribution in [0.25, 0.3) is 0 Å². The van der Waals surface area contributed by atoms with Crippen molar-refractivity contribution >= 4 is 18.5 Å². The first-order chi connectivity index (χ1) is 8.15.